The Kier molecular flexibility index (Phi) is 3.61. The highest BCUT2D eigenvalue weighted by molar-refractivity contribution is 5.51. The zero-order chi connectivity index (χ0) is 12.3. The van der Waals surface area contributed by atoms with E-state index in [0.29, 0.717) is 12.5 Å². The number of aromatic nitrogens is 2. The lowest BCUT2D eigenvalue weighted by Crippen LogP contribution is -2.13. The van der Waals surface area contributed by atoms with Crippen LogP contribution in [0.3, 0.4) is 0 Å². The van der Waals surface area contributed by atoms with Crippen molar-refractivity contribution in [3.8, 4) is 0 Å². The van der Waals surface area contributed by atoms with Crippen LogP contribution in [0.15, 0.2) is 6.20 Å². The Balaban J connectivity index is 2.05. The first-order valence-corrected chi connectivity index (χ1v) is 6.14. The average molecular weight is 238 g/mol. The fourth-order valence-electron chi connectivity index (χ4n) is 2.46. The third-order valence-electron chi connectivity index (χ3n) is 3.46. The number of rotatable bonds is 3. The molecule has 1 fully saturated rings. The number of nitrogens with zero attached hydrogens (tertiary/aromatic N) is 3. The van der Waals surface area contributed by atoms with Crippen LogP contribution in [-0.4, -0.2) is 14.7 Å². The standard InChI is InChI=1S/C11H18N4O2/c12-11-10(15(16)17)7-13-14(11)8-9-5-3-1-2-4-6-9/h7,9H,1-6,8,12H2. The first kappa shape index (κ1) is 11.9. The molecular weight excluding hydrogens is 220 g/mol. The molecule has 0 amide bonds. The summed E-state index contributed by atoms with van der Waals surface area (Å²) in [5.41, 5.74) is 5.63. The van der Waals surface area contributed by atoms with Gasteiger partial charge in [-0.05, 0) is 18.8 Å². The van der Waals surface area contributed by atoms with Crippen LogP contribution in [-0.2, 0) is 6.54 Å². The largest absolute Gasteiger partial charge is 0.378 e. The molecule has 0 saturated heterocycles. The van der Waals surface area contributed by atoms with Gasteiger partial charge in [-0.1, -0.05) is 25.7 Å². The van der Waals surface area contributed by atoms with Crippen LogP contribution in [0.1, 0.15) is 38.5 Å². The van der Waals surface area contributed by atoms with E-state index in [4.69, 9.17) is 5.73 Å². The Morgan fingerprint density at radius 3 is 2.59 bits per heavy atom. The van der Waals surface area contributed by atoms with Gasteiger partial charge in [0.1, 0.15) is 6.20 Å². The molecule has 2 N–H and O–H groups in total. The Morgan fingerprint density at radius 2 is 2.06 bits per heavy atom. The van der Waals surface area contributed by atoms with Crippen molar-refractivity contribution in [1.29, 1.82) is 0 Å². The number of hydrogen-bond donors (Lipinski definition) is 1. The summed E-state index contributed by atoms with van der Waals surface area (Å²) in [4.78, 5) is 10.2. The van der Waals surface area contributed by atoms with Crippen molar-refractivity contribution >= 4 is 11.5 Å². The summed E-state index contributed by atoms with van der Waals surface area (Å²) in [6.45, 7) is 0.708. The quantitative estimate of drug-likeness (QED) is 0.497. The van der Waals surface area contributed by atoms with E-state index in [1.54, 1.807) is 4.68 Å². The smallest absolute Gasteiger partial charge is 0.330 e. The van der Waals surface area contributed by atoms with Gasteiger partial charge in [0.25, 0.3) is 0 Å². The summed E-state index contributed by atoms with van der Waals surface area (Å²) in [6.07, 6.45) is 8.67. The molecule has 94 valence electrons. The van der Waals surface area contributed by atoms with Gasteiger partial charge in [-0.25, -0.2) is 4.68 Å². The maximum atomic E-state index is 10.7. The van der Waals surface area contributed by atoms with Gasteiger partial charge in [-0.3, -0.25) is 10.1 Å². The Morgan fingerprint density at radius 1 is 1.41 bits per heavy atom. The van der Waals surface area contributed by atoms with Crippen LogP contribution in [0.4, 0.5) is 11.5 Å². The summed E-state index contributed by atoms with van der Waals surface area (Å²) >= 11 is 0. The summed E-state index contributed by atoms with van der Waals surface area (Å²) < 4.78 is 1.58. The van der Waals surface area contributed by atoms with Gasteiger partial charge in [0.15, 0.2) is 0 Å². The third-order valence-corrected chi connectivity index (χ3v) is 3.46. The van der Waals surface area contributed by atoms with Crippen LogP contribution in [0.2, 0.25) is 0 Å². The summed E-state index contributed by atoms with van der Waals surface area (Å²) in [7, 11) is 0. The van der Waals surface area contributed by atoms with Crippen molar-refractivity contribution in [3.05, 3.63) is 16.3 Å². The van der Waals surface area contributed by atoms with Crippen LogP contribution in [0, 0.1) is 16.0 Å². The molecule has 6 nitrogen and oxygen atoms in total. The first-order valence-electron chi connectivity index (χ1n) is 6.14. The number of nitro groups is 1. The van der Waals surface area contributed by atoms with Gasteiger partial charge in [0.05, 0.1) is 4.92 Å². The molecule has 0 spiro atoms. The van der Waals surface area contributed by atoms with Gasteiger partial charge >= 0.3 is 5.69 Å². The number of nitrogens with two attached hydrogens (primary N) is 1. The van der Waals surface area contributed by atoms with Crippen LogP contribution >= 0.6 is 0 Å². The fourth-order valence-corrected chi connectivity index (χ4v) is 2.46. The molecule has 1 heterocycles. The van der Waals surface area contributed by atoms with Crippen LogP contribution < -0.4 is 5.73 Å². The predicted molar refractivity (Wildman–Crippen MR) is 64.5 cm³/mol. The second-order valence-corrected chi connectivity index (χ2v) is 4.71. The van der Waals surface area contributed by atoms with E-state index in [0.717, 1.165) is 0 Å². The first-order chi connectivity index (χ1) is 8.18. The Bertz CT molecular complexity index is 394. The molecular formula is C11H18N4O2. The van der Waals surface area contributed by atoms with E-state index in [-0.39, 0.29) is 11.5 Å². The average Bonchev–Trinajstić information content (AvgIpc) is 2.52. The molecule has 17 heavy (non-hydrogen) atoms. The van der Waals surface area contributed by atoms with Gasteiger partial charge in [-0.15, -0.1) is 0 Å². The lowest BCUT2D eigenvalue weighted by atomic mass is 10.0. The van der Waals surface area contributed by atoms with Crippen molar-refractivity contribution in [2.45, 2.75) is 45.1 Å². The normalized spacial score (nSPS) is 17.9. The highest BCUT2D eigenvalue weighted by atomic mass is 16.6. The molecule has 1 aromatic rings. The lowest BCUT2D eigenvalue weighted by molar-refractivity contribution is -0.384. The van der Waals surface area contributed by atoms with Gasteiger partial charge in [0.2, 0.25) is 5.82 Å². The molecule has 1 saturated carbocycles. The van der Waals surface area contributed by atoms with Crippen molar-refractivity contribution < 1.29 is 4.92 Å². The van der Waals surface area contributed by atoms with Gasteiger partial charge in [-0.2, -0.15) is 5.10 Å². The zero-order valence-corrected chi connectivity index (χ0v) is 9.84. The zero-order valence-electron chi connectivity index (χ0n) is 9.84. The fraction of sp³-hybridized carbons (Fsp3) is 0.727. The summed E-state index contributed by atoms with van der Waals surface area (Å²) in [6, 6.07) is 0. The van der Waals surface area contributed by atoms with E-state index in [2.05, 4.69) is 5.10 Å². The van der Waals surface area contributed by atoms with Crippen LogP contribution in [0.25, 0.3) is 0 Å². The molecule has 1 aliphatic rings. The van der Waals surface area contributed by atoms with Crippen molar-refractivity contribution in [3.63, 3.8) is 0 Å². The Hall–Kier alpha value is -1.59. The molecule has 2 rings (SSSR count). The monoisotopic (exact) mass is 238 g/mol. The minimum absolute atomic E-state index is 0.0846. The second kappa shape index (κ2) is 5.16. The number of anilines is 1. The molecule has 6 heteroatoms. The number of nitrogen functional groups attached to an aromatic ring is 1. The van der Waals surface area contributed by atoms with Crippen LogP contribution in [0.5, 0.6) is 0 Å². The van der Waals surface area contributed by atoms with Crippen molar-refractivity contribution in [2.24, 2.45) is 5.92 Å². The molecule has 1 aliphatic carbocycles. The molecule has 0 aromatic carbocycles. The SMILES string of the molecule is Nc1c([N+](=O)[O-])cnn1CC1CCCCCC1. The minimum atomic E-state index is -0.480. The molecule has 0 aliphatic heterocycles. The summed E-state index contributed by atoms with van der Waals surface area (Å²) in [5, 5.41) is 14.7. The molecule has 0 unspecified atom stereocenters. The van der Waals surface area contributed by atoms with E-state index >= 15 is 0 Å². The predicted octanol–water partition coefficient (Wildman–Crippen LogP) is 2.34. The molecule has 0 atom stereocenters. The lowest BCUT2D eigenvalue weighted by Gasteiger charge is -2.14. The van der Waals surface area contributed by atoms with E-state index in [9.17, 15) is 10.1 Å². The highest BCUT2D eigenvalue weighted by Gasteiger charge is 2.20. The van der Waals surface area contributed by atoms with E-state index in [1.165, 1.54) is 44.7 Å². The van der Waals surface area contributed by atoms with E-state index < -0.39 is 4.92 Å². The third kappa shape index (κ3) is 2.75. The highest BCUT2D eigenvalue weighted by Crippen LogP contribution is 2.27. The van der Waals surface area contributed by atoms with Crippen molar-refractivity contribution in [1.82, 2.24) is 9.78 Å². The van der Waals surface area contributed by atoms with E-state index in [1.807, 2.05) is 0 Å². The topological polar surface area (TPSA) is 87.0 Å². The van der Waals surface area contributed by atoms with Gasteiger partial charge in [0, 0.05) is 6.54 Å². The maximum Gasteiger partial charge on any atom is 0.330 e. The van der Waals surface area contributed by atoms with Gasteiger partial charge < -0.3 is 5.73 Å². The maximum absolute atomic E-state index is 10.7. The molecule has 0 bridgehead atoms. The summed E-state index contributed by atoms with van der Waals surface area (Å²) in [5.74, 6) is 0.735. The Labute approximate surface area is 99.9 Å². The molecule has 1 aromatic heterocycles. The second-order valence-electron chi connectivity index (χ2n) is 4.71. The minimum Gasteiger partial charge on any atom is -0.378 e. The van der Waals surface area contributed by atoms with Crippen molar-refractivity contribution in [2.75, 3.05) is 5.73 Å². The molecule has 0 radical (unpaired) electrons. The number of hydrogen-bond acceptors (Lipinski definition) is 4.